The predicted molar refractivity (Wildman–Crippen MR) is 241 cm³/mol. The second kappa shape index (κ2) is 23.2. The summed E-state index contributed by atoms with van der Waals surface area (Å²) >= 11 is 2.83. The van der Waals surface area contributed by atoms with Crippen molar-refractivity contribution < 1.29 is 64.4 Å². The number of benzene rings is 3. The lowest BCUT2D eigenvalue weighted by Gasteiger charge is -2.26. The van der Waals surface area contributed by atoms with Crippen molar-refractivity contribution in [2.45, 2.75) is 92.6 Å². The Kier molecular flexibility index (Phi) is 17.8. The van der Waals surface area contributed by atoms with E-state index in [1.807, 2.05) is 31.7 Å². The molecule has 0 saturated carbocycles. The van der Waals surface area contributed by atoms with Gasteiger partial charge in [-0.3, -0.25) is 15.0 Å². The average molecular weight is 976 g/mol. The number of nitrogens with zero attached hydrogens (tertiary/aromatic N) is 5. The number of carbonyl (C=O) groups excluding carboxylic acids is 2. The van der Waals surface area contributed by atoms with Crippen molar-refractivity contribution in [1.82, 2.24) is 15.0 Å². The van der Waals surface area contributed by atoms with Crippen LogP contribution in [0.2, 0.25) is 0 Å². The molecule has 21 heteroatoms. The summed E-state index contributed by atoms with van der Waals surface area (Å²) in [7, 11) is 0. The van der Waals surface area contributed by atoms with Crippen molar-refractivity contribution >= 4 is 57.4 Å². The Morgan fingerprint density at radius 2 is 1.01 bits per heavy atom. The molecule has 6 aromatic rings. The van der Waals surface area contributed by atoms with Gasteiger partial charge in [-0.1, -0.05) is 6.07 Å². The van der Waals surface area contributed by atoms with Crippen LogP contribution in [0.1, 0.15) is 78.9 Å². The predicted octanol–water partition coefficient (Wildman–Crippen LogP) is 12.5. The van der Waals surface area contributed by atoms with Crippen molar-refractivity contribution in [1.29, 1.82) is 0 Å². The van der Waals surface area contributed by atoms with Gasteiger partial charge in [0.25, 0.3) is 0 Å². The Hall–Kier alpha value is -6.61. The molecule has 0 bridgehead atoms. The molecule has 0 atom stereocenters. The van der Waals surface area contributed by atoms with Crippen molar-refractivity contribution in [3.05, 3.63) is 123 Å². The Morgan fingerprint density at radius 1 is 0.552 bits per heavy atom. The van der Waals surface area contributed by atoms with Crippen LogP contribution in [0, 0.1) is 0 Å². The van der Waals surface area contributed by atoms with Gasteiger partial charge in [-0.05, 0) is 97.0 Å². The fraction of sp³-hybridized carbons (Fsp3) is 0.326. The maximum Gasteiger partial charge on any atom is 0.387 e. The van der Waals surface area contributed by atoms with Crippen LogP contribution in [0.5, 0.6) is 23.0 Å². The van der Waals surface area contributed by atoms with Crippen LogP contribution in [-0.4, -0.2) is 64.5 Å². The van der Waals surface area contributed by atoms with E-state index in [9.17, 15) is 35.9 Å². The number of hydrogen-bond acceptors (Lipinski definition) is 15. The number of ether oxygens (including phenoxy) is 6. The Morgan fingerprint density at radius 3 is 1.51 bits per heavy atom. The highest BCUT2D eigenvalue weighted by Crippen LogP contribution is 2.39. The Balaban J connectivity index is 0.000000251. The molecule has 6 rings (SSSR count). The summed E-state index contributed by atoms with van der Waals surface area (Å²) in [5.41, 5.74) is 4.69. The van der Waals surface area contributed by atoms with Crippen LogP contribution >= 0.6 is 22.7 Å². The molecule has 0 spiro atoms. The van der Waals surface area contributed by atoms with E-state index in [1.54, 1.807) is 86.3 Å². The number of alkyl halides is 6. The largest absolute Gasteiger partial charge is 0.490 e. The molecule has 0 aliphatic rings. The zero-order valence-electron chi connectivity index (χ0n) is 37.3. The topological polar surface area (TPSA) is 135 Å². The number of hydrogen-bond donors (Lipinski definition) is 0. The summed E-state index contributed by atoms with van der Waals surface area (Å²) in [6.07, 6.45) is 6.18. The normalized spacial score (nSPS) is 11.5. The molecule has 0 aliphatic carbocycles. The van der Waals surface area contributed by atoms with Gasteiger partial charge in [0.15, 0.2) is 23.0 Å². The third kappa shape index (κ3) is 16.1. The van der Waals surface area contributed by atoms with Gasteiger partial charge in [0.05, 0.1) is 53.7 Å². The lowest BCUT2D eigenvalue weighted by molar-refractivity contribution is -0.0692. The first-order valence-corrected chi connectivity index (χ1v) is 22.0. The van der Waals surface area contributed by atoms with E-state index in [0.717, 1.165) is 27.6 Å². The van der Waals surface area contributed by atoms with Crippen LogP contribution in [-0.2, 0) is 22.6 Å². The summed E-state index contributed by atoms with van der Waals surface area (Å²) in [6, 6.07) is 17.0. The number of esters is 2. The van der Waals surface area contributed by atoms with Crippen molar-refractivity contribution in [3.8, 4) is 23.0 Å². The van der Waals surface area contributed by atoms with E-state index in [-0.39, 0.29) is 30.2 Å². The van der Waals surface area contributed by atoms with E-state index < -0.39 is 54.5 Å². The van der Waals surface area contributed by atoms with Crippen molar-refractivity contribution in [2.75, 3.05) is 16.4 Å². The van der Waals surface area contributed by atoms with E-state index in [2.05, 4.69) is 29.2 Å². The summed E-state index contributed by atoms with van der Waals surface area (Å²) in [5, 5.41) is 0. The molecule has 0 radical (unpaired) electrons. The summed E-state index contributed by atoms with van der Waals surface area (Å²) in [4.78, 5) is 42.8. The monoisotopic (exact) mass is 975 g/mol. The van der Waals surface area contributed by atoms with Gasteiger partial charge < -0.3 is 38.2 Å². The molecule has 3 aromatic heterocycles. The fourth-order valence-electron chi connectivity index (χ4n) is 5.95. The second-order valence-electron chi connectivity index (χ2n) is 15.9. The van der Waals surface area contributed by atoms with E-state index in [1.165, 1.54) is 53.3 Å². The van der Waals surface area contributed by atoms with Gasteiger partial charge in [-0.25, -0.2) is 9.59 Å². The number of thiazole rings is 2. The summed E-state index contributed by atoms with van der Waals surface area (Å²) in [6.45, 7) is 3.87. The number of rotatable bonds is 18. The van der Waals surface area contributed by atoms with Crippen LogP contribution < -0.4 is 28.7 Å². The van der Waals surface area contributed by atoms with E-state index in [0.29, 0.717) is 29.2 Å². The van der Waals surface area contributed by atoms with Crippen LogP contribution in [0.4, 0.5) is 49.1 Å². The fourth-order valence-corrected chi connectivity index (χ4v) is 7.11. The second-order valence-corrected chi connectivity index (χ2v) is 17.9. The van der Waals surface area contributed by atoms with Gasteiger partial charge in [-0.2, -0.15) is 26.3 Å². The van der Waals surface area contributed by atoms with Crippen molar-refractivity contribution in [3.63, 3.8) is 0 Å². The molecule has 0 fully saturated rings. The third-order valence-corrected chi connectivity index (χ3v) is 10.0. The summed E-state index contributed by atoms with van der Waals surface area (Å²) in [5.74, 6) is -1.99. The van der Waals surface area contributed by atoms with Gasteiger partial charge in [0, 0.05) is 57.5 Å². The Labute approximate surface area is 390 Å². The Bertz CT molecular complexity index is 2520. The van der Waals surface area contributed by atoms with Gasteiger partial charge in [0.1, 0.15) is 11.2 Å². The molecular weight excluding hydrogens is 929 g/mol. The minimum atomic E-state index is -3.26. The standard InChI is InChI=1S/C24H26F2N2O4S.C22H21F4N3O4S/c1-5-30-21-12-18(9-10-20(21)31-23(25)26)28(14-19-13-27-15-33-19)17-8-6-7-16(11-17)22(29)32-24(2,3)4;1-22(2,3)33-19(30)13-6-15(9-27-8-13)29(11-16-10-28-12-34-16)14-4-5-17(31-20(23)24)18(7-14)32-21(25)26/h6-13,15,23H,5,14H2,1-4H3;4-10,12,20-21H,11H2,1-3H3. The van der Waals surface area contributed by atoms with Crippen molar-refractivity contribution in [2.24, 2.45) is 0 Å². The molecule has 0 unspecified atom stereocenters. The molecule has 0 amide bonds. The molecular formula is C46H47F6N5O8S2. The smallest absolute Gasteiger partial charge is 0.387 e. The lowest BCUT2D eigenvalue weighted by Crippen LogP contribution is -2.24. The number of halogens is 6. The maximum atomic E-state index is 12.9. The molecule has 3 aromatic carbocycles. The molecule has 3 heterocycles. The number of carbonyl (C=O) groups is 2. The zero-order chi connectivity index (χ0) is 48.9. The minimum Gasteiger partial charge on any atom is -0.490 e. The first kappa shape index (κ1) is 51.4. The molecule has 0 aliphatic heterocycles. The van der Waals surface area contributed by atoms with Crippen LogP contribution in [0.25, 0.3) is 0 Å². The molecule has 358 valence electrons. The first-order valence-electron chi connectivity index (χ1n) is 20.2. The molecule has 0 N–H and O–H groups in total. The highest BCUT2D eigenvalue weighted by molar-refractivity contribution is 7.09. The quantitative estimate of drug-likeness (QED) is 0.0598. The summed E-state index contributed by atoms with van der Waals surface area (Å²) < 4.78 is 107. The van der Waals surface area contributed by atoms with Crippen LogP contribution in [0.3, 0.4) is 0 Å². The van der Waals surface area contributed by atoms with Crippen LogP contribution in [0.15, 0.2) is 103 Å². The van der Waals surface area contributed by atoms with Gasteiger partial charge in [-0.15, -0.1) is 22.7 Å². The third-order valence-electron chi connectivity index (χ3n) is 8.48. The highest BCUT2D eigenvalue weighted by atomic mass is 32.1. The molecule has 67 heavy (non-hydrogen) atoms. The maximum absolute atomic E-state index is 12.9. The van der Waals surface area contributed by atoms with Gasteiger partial charge in [0.2, 0.25) is 0 Å². The minimum absolute atomic E-state index is 0.0455. The number of anilines is 4. The van der Waals surface area contributed by atoms with Gasteiger partial charge >= 0.3 is 31.8 Å². The molecule has 0 saturated heterocycles. The first-order chi connectivity index (χ1) is 31.7. The number of pyridine rings is 1. The highest BCUT2D eigenvalue weighted by Gasteiger charge is 2.24. The zero-order valence-corrected chi connectivity index (χ0v) is 38.9. The SMILES string of the molecule is CC(C)(C)OC(=O)c1cncc(N(Cc2cncs2)c2ccc(OC(F)F)c(OC(F)F)c2)c1.CCOc1cc(N(Cc2cncs2)c2cccc(C(=O)OC(C)(C)C)c2)ccc1OC(F)F. The van der Waals surface area contributed by atoms with E-state index in [4.69, 9.17) is 14.2 Å². The molecule has 13 nitrogen and oxygen atoms in total. The average Bonchev–Trinajstić information content (AvgIpc) is 3.97. The number of aromatic nitrogens is 3. The lowest BCUT2D eigenvalue weighted by atomic mass is 10.1. The van der Waals surface area contributed by atoms with E-state index >= 15 is 0 Å².